The maximum Gasteiger partial charge on any atom is 0.328 e. The number of aromatic nitrogens is 1. The zero-order valence-electron chi connectivity index (χ0n) is 12.5. The van der Waals surface area contributed by atoms with Gasteiger partial charge in [-0.1, -0.05) is 15.9 Å². The van der Waals surface area contributed by atoms with Gasteiger partial charge >= 0.3 is 5.97 Å². The molecule has 0 saturated carbocycles. The highest BCUT2D eigenvalue weighted by molar-refractivity contribution is 9.10. The van der Waals surface area contributed by atoms with Crippen LogP contribution in [0.25, 0.3) is 10.9 Å². The first-order valence-electron chi connectivity index (χ1n) is 7.45. The number of rotatable bonds is 4. The lowest BCUT2D eigenvalue weighted by Gasteiger charge is -2.32. The molecule has 0 aliphatic carbocycles. The van der Waals surface area contributed by atoms with E-state index < -0.39 is 6.04 Å². The fraction of sp³-hybridized carbons (Fsp3) is 0.438. The Kier molecular flexibility index (Phi) is 4.81. The molecular weight excluding hydrogens is 348 g/mol. The van der Waals surface area contributed by atoms with Crippen LogP contribution in [0.15, 0.2) is 28.9 Å². The van der Waals surface area contributed by atoms with Gasteiger partial charge in [0.05, 0.1) is 19.8 Å². The van der Waals surface area contributed by atoms with Crippen LogP contribution in [0.4, 0.5) is 0 Å². The van der Waals surface area contributed by atoms with Crippen LogP contribution in [0.5, 0.6) is 0 Å². The van der Waals surface area contributed by atoms with E-state index in [1.54, 1.807) is 0 Å². The molecule has 1 aliphatic rings. The number of nitrogens with zero attached hydrogens (tertiary/aromatic N) is 1. The molecule has 118 valence electrons. The first kappa shape index (κ1) is 15.5. The molecule has 0 radical (unpaired) electrons. The largest absolute Gasteiger partial charge is 0.465 e. The number of carbonyl (C=O) groups excluding carboxylic acids is 1. The summed E-state index contributed by atoms with van der Waals surface area (Å²) in [5, 5.41) is 1.04. The Bertz CT molecular complexity index is 664. The number of fused-ring (bicyclic) bond motifs is 1. The standard InChI is InChI=1S/C16H19BrN2O3/c1-2-22-16(20)15(19-5-7-21-8-6-19)13-10-18-14-4-3-11(17)9-12(13)14/h3-4,9-10,15,18H,2,5-8H2,1H3. The van der Waals surface area contributed by atoms with E-state index in [2.05, 4.69) is 25.8 Å². The van der Waals surface area contributed by atoms with Gasteiger partial charge in [0.15, 0.2) is 0 Å². The van der Waals surface area contributed by atoms with Crippen molar-refractivity contribution in [3.8, 4) is 0 Å². The van der Waals surface area contributed by atoms with Gasteiger partial charge in [0.2, 0.25) is 0 Å². The molecule has 6 heteroatoms. The maximum atomic E-state index is 12.5. The fourth-order valence-electron chi connectivity index (χ4n) is 2.87. The van der Waals surface area contributed by atoms with Gasteiger partial charge in [-0.05, 0) is 25.1 Å². The second-order valence-corrected chi connectivity index (χ2v) is 6.15. The van der Waals surface area contributed by atoms with Crippen molar-refractivity contribution in [1.29, 1.82) is 0 Å². The van der Waals surface area contributed by atoms with E-state index in [0.29, 0.717) is 19.8 Å². The molecule has 3 rings (SSSR count). The van der Waals surface area contributed by atoms with Crippen LogP contribution >= 0.6 is 15.9 Å². The number of H-pyrrole nitrogens is 1. The molecule has 0 spiro atoms. The molecule has 0 amide bonds. The summed E-state index contributed by atoms with van der Waals surface area (Å²) < 4.78 is 11.7. The molecule has 1 fully saturated rings. The van der Waals surface area contributed by atoms with Crippen molar-refractivity contribution in [2.45, 2.75) is 13.0 Å². The zero-order valence-corrected chi connectivity index (χ0v) is 14.1. The Morgan fingerprint density at radius 3 is 2.95 bits per heavy atom. The Balaban J connectivity index is 2.02. The average molecular weight is 367 g/mol. The summed E-state index contributed by atoms with van der Waals surface area (Å²) >= 11 is 3.50. The second kappa shape index (κ2) is 6.81. The lowest BCUT2D eigenvalue weighted by atomic mass is 10.0. The summed E-state index contributed by atoms with van der Waals surface area (Å²) in [6.07, 6.45) is 1.91. The molecule has 1 unspecified atom stereocenters. The number of morpholine rings is 1. The summed E-state index contributed by atoms with van der Waals surface area (Å²) in [5.41, 5.74) is 1.97. The number of carbonyl (C=O) groups is 1. The van der Waals surface area contributed by atoms with Crippen molar-refractivity contribution in [2.75, 3.05) is 32.9 Å². The molecular formula is C16H19BrN2O3. The van der Waals surface area contributed by atoms with E-state index in [9.17, 15) is 4.79 Å². The van der Waals surface area contributed by atoms with Gasteiger partial charge in [-0.15, -0.1) is 0 Å². The smallest absolute Gasteiger partial charge is 0.328 e. The van der Waals surface area contributed by atoms with Crippen LogP contribution in [0.1, 0.15) is 18.5 Å². The molecule has 5 nitrogen and oxygen atoms in total. The third kappa shape index (κ3) is 3.04. The lowest BCUT2D eigenvalue weighted by molar-refractivity contribution is -0.151. The van der Waals surface area contributed by atoms with E-state index in [0.717, 1.165) is 34.0 Å². The minimum atomic E-state index is -0.396. The van der Waals surface area contributed by atoms with Gasteiger partial charge in [0.1, 0.15) is 6.04 Å². The molecule has 2 heterocycles. The third-order valence-electron chi connectivity index (χ3n) is 3.89. The summed E-state index contributed by atoms with van der Waals surface area (Å²) in [4.78, 5) is 17.9. The average Bonchev–Trinajstić information content (AvgIpc) is 2.92. The van der Waals surface area contributed by atoms with E-state index in [1.165, 1.54) is 0 Å². The molecule has 0 bridgehead atoms. The van der Waals surface area contributed by atoms with Gasteiger partial charge in [-0.2, -0.15) is 0 Å². The van der Waals surface area contributed by atoms with Crippen molar-refractivity contribution >= 4 is 32.8 Å². The quantitative estimate of drug-likeness (QED) is 0.845. The number of benzene rings is 1. The molecule has 1 aromatic carbocycles. The van der Waals surface area contributed by atoms with E-state index in [-0.39, 0.29) is 5.97 Å². The number of ether oxygens (including phenoxy) is 2. The van der Waals surface area contributed by atoms with Crippen molar-refractivity contribution < 1.29 is 14.3 Å². The van der Waals surface area contributed by atoms with E-state index in [1.807, 2.05) is 31.3 Å². The molecule has 1 aliphatic heterocycles. The molecule has 2 aromatic rings. The van der Waals surface area contributed by atoms with Crippen molar-refractivity contribution in [1.82, 2.24) is 9.88 Å². The van der Waals surface area contributed by atoms with Gasteiger partial charge in [0.25, 0.3) is 0 Å². The number of halogens is 1. The van der Waals surface area contributed by atoms with Crippen molar-refractivity contribution in [3.05, 3.63) is 34.4 Å². The Morgan fingerprint density at radius 2 is 2.23 bits per heavy atom. The van der Waals surface area contributed by atoms with Gasteiger partial charge in [-0.25, -0.2) is 4.79 Å². The number of esters is 1. The Labute approximate surface area is 137 Å². The SMILES string of the molecule is CCOC(=O)C(c1c[nH]c2ccc(Br)cc12)N1CCOCC1. The molecule has 1 N–H and O–H groups in total. The Hall–Kier alpha value is -1.37. The monoisotopic (exact) mass is 366 g/mol. The lowest BCUT2D eigenvalue weighted by Crippen LogP contribution is -2.42. The van der Waals surface area contributed by atoms with Gasteiger partial charge in [0, 0.05) is 40.2 Å². The van der Waals surface area contributed by atoms with Crippen LogP contribution < -0.4 is 0 Å². The van der Waals surface area contributed by atoms with Crippen LogP contribution in [-0.4, -0.2) is 48.8 Å². The predicted octanol–water partition coefficient (Wildman–Crippen LogP) is 2.87. The minimum absolute atomic E-state index is 0.203. The summed E-state index contributed by atoms with van der Waals surface area (Å²) in [5.74, 6) is -0.203. The molecule has 1 atom stereocenters. The highest BCUT2D eigenvalue weighted by Gasteiger charge is 2.32. The van der Waals surface area contributed by atoms with Crippen LogP contribution in [0, 0.1) is 0 Å². The molecule has 1 aromatic heterocycles. The summed E-state index contributed by atoms with van der Waals surface area (Å²) in [6.45, 7) is 4.95. The van der Waals surface area contributed by atoms with Crippen LogP contribution in [0.2, 0.25) is 0 Å². The molecule has 1 saturated heterocycles. The van der Waals surface area contributed by atoms with Crippen LogP contribution in [-0.2, 0) is 14.3 Å². The first-order valence-corrected chi connectivity index (χ1v) is 8.25. The van der Waals surface area contributed by atoms with Gasteiger partial charge < -0.3 is 14.5 Å². The summed E-state index contributed by atoms with van der Waals surface area (Å²) in [7, 11) is 0. The number of hydrogen-bond donors (Lipinski definition) is 1. The third-order valence-corrected chi connectivity index (χ3v) is 4.38. The normalized spacial score (nSPS) is 17.5. The van der Waals surface area contributed by atoms with Gasteiger partial charge in [-0.3, -0.25) is 4.90 Å². The topological polar surface area (TPSA) is 54.6 Å². The zero-order chi connectivity index (χ0) is 15.5. The second-order valence-electron chi connectivity index (χ2n) is 5.24. The summed E-state index contributed by atoms with van der Waals surface area (Å²) in [6, 6.07) is 5.63. The first-order chi connectivity index (χ1) is 10.7. The highest BCUT2D eigenvalue weighted by atomic mass is 79.9. The van der Waals surface area contributed by atoms with Crippen molar-refractivity contribution in [2.24, 2.45) is 0 Å². The Morgan fingerprint density at radius 1 is 1.45 bits per heavy atom. The number of hydrogen-bond acceptors (Lipinski definition) is 4. The number of aromatic amines is 1. The van der Waals surface area contributed by atoms with Crippen molar-refractivity contribution in [3.63, 3.8) is 0 Å². The van der Waals surface area contributed by atoms with E-state index >= 15 is 0 Å². The minimum Gasteiger partial charge on any atom is -0.465 e. The van der Waals surface area contributed by atoms with Crippen LogP contribution in [0.3, 0.4) is 0 Å². The number of nitrogens with one attached hydrogen (secondary N) is 1. The predicted molar refractivity (Wildman–Crippen MR) is 87.8 cm³/mol. The van der Waals surface area contributed by atoms with E-state index in [4.69, 9.17) is 9.47 Å². The fourth-order valence-corrected chi connectivity index (χ4v) is 3.23. The molecule has 22 heavy (non-hydrogen) atoms. The maximum absolute atomic E-state index is 12.5. The highest BCUT2D eigenvalue weighted by Crippen LogP contribution is 2.31.